The van der Waals surface area contributed by atoms with Crippen molar-refractivity contribution < 1.29 is 23.9 Å². The molecule has 190 valence electrons. The Morgan fingerprint density at radius 2 is 1.65 bits per heavy atom. The molecule has 3 amide bonds. The van der Waals surface area contributed by atoms with E-state index in [0.717, 1.165) is 25.7 Å². The zero-order valence-electron chi connectivity index (χ0n) is 19.9. The van der Waals surface area contributed by atoms with Gasteiger partial charge in [0.1, 0.15) is 10.6 Å². The van der Waals surface area contributed by atoms with E-state index >= 15 is 0 Å². The van der Waals surface area contributed by atoms with Crippen LogP contribution in [0.4, 0.5) is 5.69 Å². The molecule has 1 fully saturated rings. The fourth-order valence-electron chi connectivity index (χ4n) is 3.87. The molecule has 0 radical (unpaired) electrons. The molecule has 1 aliphatic carbocycles. The summed E-state index contributed by atoms with van der Waals surface area (Å²) in [5.41, 5.74) is 3.31. The number of hydrogen-bond acceptors (Lipinski definition) is 7. The van der Waals surface area contributed by atoms with Gasteiger partial charge in [-0.2, -0.15) is 5.10 Å². The van der Waals surface area contributed by atoms with E-state index in [2.05, 4.69) is 21.2 Å². The van der Waals surface area contributed by atoms with Gasteiger partial charge in [0.15, 0.2) is 0 Å². The Morgan fingerprint density at radius 1 is 0.892 bits per heavy atom. The Balaban J connectivity index is 1.28. The van der Waals surface area contributed by atoms with Crippen molar-refractivity contribution in [2.45, 2.75) is 38.1 Å². The number of hydrazone groups is 1. The molecule has 1 aromatic heterocycles. The summed E-state index contributed by atoms with van der Waals surface area (Å²) in [6, 6.07) is 16.6. The minimum Gasteiger partial charge on any atom is -0.422 e. The van der Waals surface area contributed by atoms with Gasteiger partial charge < -0.3 is 15.4 Å². The first-order valence-electron chi connectivity index (χ1n) is 11.9. The highest BCUT2D eigenvalue weighted by Gasteiger charge is 2.21. The van der Waals surface area contributed by atoms with Gasteiger partial charge in [0.2, 0.25) is 0 Å². The minimum absolute atomic E-state index is 0.116. The fraction of sp³-hybridized carbons (Fsp3) is 0.222. The number of thiophene rings is 1. The fourth-order valence-corrected chi connectivity index (χ4v) is 4.47. The van der Waals surface area contributed by atoms with Gasteiger partial charge in [-0.25, -0.2) is 10.2 Å². The molecule has 0 spiro atoms. The van der Waals surface area contributed by atoms with Crippen molar-refractivity contribution in [3.05, 3.63) is 82.0 Å². The van der Waals surface area contributed by atoms with Crippen LogP contribution in [0.15, 0.2) is 71.1 Å². The number of nitrogens with one attached hydrogen (secondary N) is 3. The van der Waals surface area contributed by atoms with Gasteiger partial charge in [0, 0.05) is 6.04 Å². The van der Waals surface area contributed by atoms with E-state index < -0.39 is 17.8 Å². The third-order valence-electron chi connectivity index (χ3n) is 5.76. The Kier molecular flexibility index (Phi) is 8.77. The Bertz CT molecular complexity index is 1280. The molecule has 0 bridgehead atoms. The molecule has 37 heavy (non-hydrogen) atoms. The van der Waals surface area contributed by atoms with Crippen molar-refractivity contribution in [2.75, 3.05) is 5.32 Å². The summed E-state index contributed by atoms with van der Waals surface area (Å²) in [5, 5.41) is 11.1. The van der Waals surface area contributed by atoms with Gasteiger partial charge in [-0.15, -0.1) is 11.3 Å². The number of ether oxygens (including phenoxy) is 1. The zero-order chi connectivity index (χ0) is 26.0. The molecule has 0 aliphatic heterocycles. The third kappa shape index (κ3) is 7.34. The van der Waals surface area contributed by atoms with Gasteiger partial charge in [-0.05, 0) is 66.2 Å². The normalized spacial score (nSPS) is 13.6. The highest BCUT2D eigenvalue weighted by Crippen LogP contribution is 2.20. The lowest BCUT2D eigenvalue weighted by atomic mass is 9.95. The lowest BCUT2D eigenvalue weighted by Gasteiger charge is -2.23. The molecule has 0 atom stereocenters. The number of esters is 1. The van der Waals surface area contributed by atoms with Crippen LogP contribution in [-0.2, 0) is 9.59 Å². The number of carbonyl (C=O) groups is 4. The lowest BCUT2D eigenvalue weighted by Crippen LogP contribution is -2.37. The maximum atomic E-state index is 12.7. The summed E-state index contributed by atoms with van der Waals surface area (Å²) < 4.78 is 5.29. The first-order valence-corrected chi connectivity index (χ1v) is 12.8. The summed E-state index contributed by atoms with van der Waals surface area (Å²) in [7, 11) is 0. The van der Waals surface area contributed by atoms with Crippen LogP contribution in [0.25, 0.3) is 0 Å². The molecule has 0 unspecified atom stereocenters. The van der Waals surface area contributed by atoms with Crippen LogP contribution in [0.5, 0.6) is 5.75 Å². The van der Waals surface area contributed by atoms with Gasteiger partial charge in [0.05, 0.1) is 17.5 Å². The molecule has 1 heterocycles. The Labute approximate surface area is 217 Å². The second-order valence-electron chi connectivity index (χ2n) is 8.44. The number of anilines is 1. The number of benzene rings is 2. The predicted molar refractivity (Wildman–Crippen MR) is 141 cm³/mol. The van der Waals surface area contributed by atoms with Crippen molar-refractivity contribution >= 4 is 46.9 Å². The summed E-state index contributed by atoms with van der Waals surface area (Å²) in [5.74, 6) is -2.30. The van der Waals surface area contributed by atoms with E-state index in [4.69, 9.17) is 4.74 Å². The van der Waals surface area contributed by atoms with E-state index in [0.29, 0.717) is 16.2 Å². The number of amides is 3. The maximum absolute atomic E-state index is 12.7. The molecule has 1 aliphatic rings. The van der Waals surface area contributed by atoms with Crippen LogP contribution in [0, 0.1) is 0 Å². The van der Waals surface area contributed by atoms with Crippen LogP contribution in [-0.4, -0.2) is 35.9 Å². The van der Waals surface area contributed by atoms with Crippen molar-refractivity contribution in [1.29, 1.82) is 0 Å². The predicted octanol–water partition coefficient (Wildman–Crippen LogP) is 4.12. The quantitative estimate of drug-likeness (QED) is 0.143. The largest absolute Gasteiger partial charge is 0.422 e. The van der Waals surface area contributed by atoms with Gasteiger partial charge in [-0.1, -0.05) is 37.5 Å². The van der Waals surface area contributed by atoms with E-state index in [1.165, 1.54) is 24.0 Å². The van der Waals surface area contributed by atoms with Gasteiger partial charge in [-0.3, -0.25) is 14.4 Å². The summed E-state index contributed by atoms with van der Waals surface area (Å²) in [6.07, 6.45) is 6.55. The van der Waals surface area contributed by atoms with Gasteiger partial charge >= 0.3 is 17.8 Å². The second kappa shape index (κ2) is 12.6. The van der Waals surface area contributed by atoms with E-state index in [1.54, 1.807) is 66.0 Å². The maximum Gasteiger partial charge on any atom is 0.353 e. The molecule has 9 nitrogen and oxygen atoms in total. The smallest absolute Gasteiger partial charge is 0.353 e. The number of carbonyl (C=O) groups excluding carboxylic acids is 4. The third-order valence-corrected chi connectivity index (χ3v) is 6.61. The Hall–Kier alpha value is -4.31. The first kappa shape index (κ1) is 25.8. The molecule has 3 aromatic rings. The van der Waals surface area contributed by atoms with Crippen LogP contribution in [0.2, 0.25) is 0 Å². The SMILES string of the molecule is O=C(N/N=C\c1ccc(OC(=O)c2cccs2)cc1)C(=O)Nc1ccccc1C(=O)NC1CCCCC1. The molecule has 4 rings (SSSR count). The molecular formula is C27H26N4O5S. The zero-order valence-corrected chi connectivity index (χ0v) is 20.8. The monoisotopic (exact) mass is 518 g/mol. The summed E-state index contributed by atoms with van der Waals surface area (Å²) in [6.45, 7) is 0. The van der Waals surface area contributed by atoms with Crippen molar-refractivity contribution in [2.24, 2.45) is 5.10 Å². The summed E-state index contributed by atoms with van der Waals surface area (Å²) >= 11 is 1.29. The number of nitrogens with zero attached hydrogens (tertiary/aromatic N) is 1. The Morgan fingerprint density at radius 3 is 2.38 bits per heavy atom. The van der Waals surface area contributed by atoms with Crippen molar-refractivity contribution in [3.8, 4) is 5.75 Å². The molecule has 1 saturated carbocycles. The van der Waals surface area contributed by atoms with E-state index in [-0.39, 0.29) is 23.2 Å². The van der Waals surface area contributed by atoms with Crippen LogP contribution in [0.3, 0.4) is 0 Å². The van der Waals surface area contributed by atoms with Crippen LogP contribution in [0.1, 0.15) is 57.7 Å². The number of hydrogen-bond donors (Lipinski definition) is 3. The van der Waals surface area contributed by atoms with Crippen molar-refractivity contribution in [3.63, 3.8) is 0 Å². The number of para-hydroxylation sites is 1. The van der Waals surface area contributed by atoms with E-state index in [1.807, 2.05) is 0 Å². The highest BCUT2D eigenvalue weighted by atomic mass is 32.1. The molecule has 0 saturated heterocycles. The second-order valence-corrected chi connectivity index (χ2v) is 9.39. The molecule has 10 heteroatoms. The van der Waals surface area contributed by atoms with Crippen LogP contribution < -0.4 is 20.8 Å². The van der Waals surface area contributed by atoms with Crippen LogP contribution >= 0.6 is 11.3 Å². The average molecular weight is 519 g/mol. The van der Waals surface area contributed by atoms with E-state index in [9.17, 15) is 19.2 Å². The lowest BCUT2D eigenvalue weighted by molar-refractivity contribution is -0.136. The minimum atomic E-state index is -0.986. The molecular weight excluding hydrogens is 492 g/mol. The average Bonchev–Trinajstić information content (AvgIpc) is 3.46. The standard InChI is InChI=1S/C27H26N4O5S/c32-24(29-19-7-2-1-3-8-19)21-9-4-5-10-22(21)30-25(33)26(34)31-28-17-18-12-14-20(15-13-18)36-27(35)23-11-6-16-37-23/h4-6,9-17,19H,1-3,7-8H2,(H,29,32)(H,30,33)(H,31,34)/b28-17-. The van der Waals surface area contributed by atoms with Gasteiger partial charge in [0.25, 0.3) is 5.91 Å². The number of rotatable bonds is 7. The first-order chi connectivity index (χ1) is 18.0. The molecule has 2 aromatic carbocycles. The highest BCUT2D eigenvalue weighted by molar-refractivity contribution is 7.12. The molecule has 3 N–H and O–H groups in total. The van der Waals surface area contributed by atoms with Crippen molar-refractivity contribution in [1.82, 2.24) is 10.7 Å². The topological polar surface area (TPSA) is 126 Å². The summed E-state index contributed by atoms with van der Waals surface area (Å²) in [4.78, 5) is 49.9.